The second-order valence-electron chi connectivity index (χ2n) is 5.09. The Bertz CT molecular complexity index is 923. The molecule has 0 saturated heterocycles. The summed E-state index contributed by atoms with van der Waals surface area (Å²) in [5.41, 5.74) is 7.26. The lowest BCUT2D eigenvalue weighted by molar-refractivity contribution is 0.418. The maximum absolute atomic E-state index is 5.57. The van der Waals surface area contributed by atoms with Crippen LogP contribution in [0.3, 0.4) is 0 Å². The van der Waals surface area contributed by atoms with Gasteiger partial charge in [-0.25, -0.2) is 4.98 Å². The zero-order chi connectivity index (χ0) is 15.6. The third-order valence-electron chi connectivity index (χ3n) is 3.61. The lowest BCUT2D eigenvalue weighted by Crippen LogP contribution is -2.06. The summed E-state index contributed by atoms with van der Waals surface area (Å²) in [4.78, 5) is 11.7. The minimum atomic E-state index is 0.238. The van der Waals surface area contributed by atoms with Crippen molar-refractivity contribution in [3.8, 4) is 11.6 Å². The van der Waals surface area contributed by atoms with Crippen LogP contribution in [0.25, 0.3) is 22.5 Å². The lowest BCUT2D eigenvalue weighted by atomic mass is 10.2. The van der Waals surface area contributed by atoms with Gasteiger partial charge in [-0.2, -0.15) is 10.1 Å². The molecule has 0 amide bonds. The molecule has 116 valence electrons. The molecule has 3 N–H and O–H groups in total. The fourth-order valence-corrected chi connectivity index (χ4v) is 2.55. The Kier molecular flexibility index (Phi) is 3.35. The van der Waals surface area contributed by atoms with Crippen LogP contribution >= 0.6 is 0 Å². The van der Waals surface area contributed by atoms with E-state index in [0.717, 1.165) is 28.8 Å². The number of benzene rings is 1. The van der Waals surface area contributed by atoms with Crippen molar-refractivity contribution in [1.82, 2.24) is 29.9 Å². The number of nitrogens with one attached hydrogen (secondary N) is 1. The van der Waals surface area contributed by atoms with E-state index in [4.69, 9.17) is 10.3 Å². The first-order valence-corrected chi connectivity index (χ1v) is 7.32. The number of hydrogen-bond donors (Lipinski definition) is 2. The molecule has 0 atom stereocenters. The highest BCUT2D eigenvalue weighted by Gasteiger charge is 2.18. The SMILES string of the molecule is NCc1noc(-c2c3ccccc3nn2CCc2ncc[nH]2)n1. The van der Waals surface area contributed by atoms with Crippen LogP contribution in [-0.4, -0.2) is 29.9 Å². The van der Waals surface area contributed by atoms with E-state index in [-0.39, 0.29) is 6.54 Å². The number of nitrogens with two attached hydrogens (primary N) is 1. The molecule has 0 fully saturated rings. The van der Waals surface area contributed by atoms with Crippen LogP contribution in [-0.2, 0) is 19.5 Å². The van der Waals surface area contributed by atoms with E-state index in [1.54, 1.807) is 12.4 Å². The van der Waals surface area contributed by atoms with Gasteiger partial charge in [0.25, 0.3) is 5.89 Å². The number of aromatic amines is 1. The van der Waals surface area contributed by atoms with Crippen LogP contribution < -0.4 is 5.73 Å². The van der Waals surface area contributed by atoms with Gasteiger partial charge in [-0.15, -0.1) is 0 Å². The summed E-state index contributed by atoms with van der Waals surface area (Å²) >= 11 is 0. The average Bonchev–Trinajstić information content (AvgIpc) is 3.31. The Labute approximate surface area is 131 Å². The summed E-state index contributed by atoms with van der Waals surface area (Å²) in [6.45, 7) is 0.889. The maximum atomic E-state index is 5.57. The highest BCUT2D eigenvalue weighted by Crippen LogP contribution is 2.27. The molecule has 8 nitrogen and oxygen atoms in total. The maximum Gasteiger partial charge on any atom is 0.276 e. The Hall–Kier alpha value is -3.00. The number of rotatable bonds is 5. The van der Waals surface area contributed by atoms with Gasteiger partial charge in [0.1, 0.15) is 11.5 Å². The summed E-state index contributed by atoms with van der Waals surface area (Å²) < 4.78 is 7.24. The predicted octanol–water partition coefficient (Wildman–Crippen LogP) is 1.51. The third-order valence-corrected chi connectivity index (χ3v) is 3.61. The zero-order valence-electron chi connectivity index (χ0n) is 12.3. The van der Waals surface area contributed by atoms with Crippen LogP contribution in [0.1, 0.15) is 11.6 Å². The van der Waals surface area contributed by atoms with E-state index in [1.165, 1.54) is 0 Å². The molecule has 0 radical (unpaired) electrons. The summed E-state index contributed by atoms with van der Waals surface area (Å²) in [6.07, 6.45) is 4.27. The van der Waals surface area contributed by atoms with E-state index in [0.29, 0.717) is 18.3 Å². The van der Waals surface area contributed by atoms with Crippen molar-refractivity contribution >= 4 is 10.9 Å². The van der Waals surface area contributed by atoms with Crippen molar-refractivity contribution in [3.63, 3.8) is 0 Å². The normalized spacial score (nSPS) is 11.3. The highest BCUT2D eigenvalue weighted by atomic mass is 16.5. The van der Waals surface area contributed by atoms with Crippen LogP contribution in [0.2, 0.25) is 0 Å². The Morgan fingerprint density at radius 3 is 2.96 bits per heavy atom. The molecule has 3 heterocycles. The van der Waals surface area contributed by atoms with Crippen LogP contribution in [0.15, 0.2) is 41.2 Å². The molecule has 0 aliphatic carbocycles. The molecule has 0 saturated carbocycles. The predicted molar refractivity (Wildman–Crippen MR) is 83.2 cm³/mol. The monoisotopic (exact) mass is 309 g/mol. The van der Waals surface area contributed by atoms with Gasteiger partial charge in [0.15, 0.2) is 5.82 Å². The van der Waals surface area contributed by atoms with Gasteiger partial charge in [0.05, 0.1) is 12.1 Å². The Morgan fingerprint density at radius 1 is 1.26 bits per heavy atom. The van der Waals surface area contributed by atoms with Gasteiger partial charge in [-0.3, -0.25) is 4.68 Å². The first-order valence-electron chi connectivity index (χ1n) is 7.32. The van der Waals surface area contributed by atoms with E-state index in [9.17, 15) is 0 Å². The number of fused-ring (bicyclic) bond motifs is 1. The second-order valence-corrected chi connectivity index (χ2v) is 5.09. The van der Waals surface area contributed by atoms with Crippen LogP contribution in [0, 0.1) is 0 Å². The summed E-state index contributed by atoms with van der Waals surface area (Å²) in [7, 11) is 0. The van der Waals surface area contributed by atoms with Gasteiger partial charge in [-0.1, -0.05) is 23.4 Å². The standard InChI is InChI=1S/C15H15N7O/c16-9-13-19-15(23-21-13)14-10-3-1-2-4-11(10)20-22(14)8-5-12-17-6-7-18-12/h1-4,6-7H,5,8-9,16H2,(H,17,18). The fraction of sp³-hybridized carbons (Fsp3) is 0.200. The van der Waals surface area contributed by atoms with Crippen molar-refractivity contribution in [3.05, 3.63) is 48.3 Å². The van der Waals surface area contributed by atoms with E-state index < -0.39 is 0 Å². The molecule has 0 spiro atoms. The van der Waals surface area contributed by atoms with Crippen LogP contribution in [0.4, 0.5) is 0 Å². The Balaban J connectivity index is 1.77. The third kappa shape index (κ3) is 2.49. The molecule has 4 rings (SSSR count). The highest BCUT2D eigenvalue weighted by molar-refractivity contribution is 5.91. The molecule has 0 bridgehead atoms. The summed E-state index contributed by atoms with van der Waals surface area (Å²) in [5.74, 6) is 1.81. The van der Waals surface area contributed by atoms with Crippen LogP contribution in [0.5, 0.6) is 0 Å². The number of hydrogen-bond acceptors (Lipinski definition) is 6. The van der Waals surface area contributed by atoms with Crippen molar-refractivity contribution in [2.24, 2.45) is 5.73 Å². The molecule has 23 heavy (non-hydrogen) atoms. The van der Waals surface area contributed by atoms with E-state index in [1.807, 2.05) is 28.9 Å². The molecule has 0 aliphatic heterocycles. The number of H-pyrrole nitrogens is 1. The van der Waals surface area contributed by atoms with Crippen molar-refractivity contribution in [1.29, 1.82) is 0 Å². The van der Waals surface area contributed by atoms with Crippen molar-refractivity contribution in [2.45, 2.75) is 19.5 Å². The molecular weight excluding hydrogens is 294 g/mol. The van der Waals surface area contributed by atoms with E-state index in [2.05, 4.69) is 25.2 Å². The largest absolute Gasteiger partial charge is 0.349 e. The number of nitrogens with zero attached hydrogens (tertiary/aromatic N) is 5. The van der Waals surface area contributed by atoms with Gasteiger partial charge >= 0.3 is 0 Å². The van der Waals surface area contributed by atoms with Gasteiger partial charge < -0.3 is 15.2 Å². The topological polar surface area (TPSA) is 111 Å². The zero-order valence-corrected chi connectivity index (χ0v) is 12.3. The van der Waals surface area contributed by atoms with Gasteiger partial charge in [0.2, 0.25) is 0 Å². The van der Waals surface area contributed by atoms with E-state index >= 15 is 0 Å². The summed E-state index contributed by atoms with van der Waals surface area (Å²) in [5, 5.41) is 9.49. The first-order chi connectivity index (χ1) is 11.3. The summed E-state index contributed by atoms with van der Waals surface area (Å²) in [6, 6.07) is 7.87. The molecule has 8 heteroatoms. The molecule has 1 aromatic carbocycles. The molecular formula is C15H15N7O. The molecule has 3 aromatic heterocycles. The number of aromatic nitrogens is 6. The van der Waals surface area contributed by atoms with Gasteiger partial charge in [-0.05, 0) is 6.07 Å². The smallest absolute Gasteiger partial charge is 0.276 e. The molecule has 0 aliphatic rings. The lowest BCUT2D eigenvalue weighted by Gasteiger charge is -2.03. The Morgan fingerprint density at radius 2 is 2.17 bits per heavy atom. The number of aryl methyl sites for hydroxylation is 2. The van der Waals surface area contributed by atoms with Gasteiger partial charge in [0, 0.05) is 30.7 Å². The minimum Gasteiger partial charge on any atom is -0.349 e. The van der Waals surface area contributed by atoms with Crippen molar-refractivity contribution < 1.29 is 4.52 Å². The second kappa shape index (κ2) is 5.65. The minimum absolute atomic E-state index is 0.238. The molecule has 4 aromatic rings. The fourth-order valence-electron chi connectivity index (χ4n) is 2.55. The first kappa shape index (κ1) is 13.6. The average molecular weight is 309 g/mol. The number of imidazole rings is 1. The quantitative estimate of drug-likeness (QED) is 0.578. The van der Waals surface area contributed by atoms with Crippen molar-refractivity contribution in [2.75, 3.05) is 0 Å². The molecule has 0 unspecified atom stereocenters.